The minimum atomic E-state index is -0.347. The van der Waals surface area contributed by atoms with Crippen molar-refractivity contribution in [2.75, 3.05) is 37.7 Å². The monoisotopic (exact) mass is 469 g/mol. The summed E-state index contributed by atoms with van der Waals surface area (Å²) in [5, 5.41) is 0. The SMILES string of the molecule is O=c1oc2c(N3CCN(Cc4cccc(-c5ccccc5)c4)CC3)cccc2n1COCC1CC1. The van der Waals surface area contributed by atoms with Crippen molar-refractivity contribution < 1.29 is 9.15 Å². The summed E-state index contributed by atoms with van der Waals surface area (Å²) in [5.74, 6) is 0.316. The normalized spacial score (nSPS) is 16.7. The zero-order valence-electron chi connectivity index (χ0n) is 19.9. The summed E-state index contributed by atoms with van der Waals surface area (Å²) in [4.78, 5) is 17.4. The van der Waals surface area contributed by atoms with Gasteiger partial charge in [0.1, 0.15) is 6.73 Å². The first-order chi connectivity index (χ1) is 17.2. The van der Waals surface area contributed by atoms with E-state index in [9.17, 15) is 4.79 Å². The lowest BCUT2D eigenvalue weighted by Gasteiger charge is -2.36. The molecule has 180 valence electrons. The molecular formula is C29H31N3O3. The average Bonchev–Trinajstić information content (AvgIpc) is 3.67. The van der Waals surface area contributed by atoms with Gasteiger partial charge >= 0.3 is 5.76 Å². The molecule has 35 heavy (non-hydrogen) atoms. The summed E-state index contributed by atoms with van der Waals surface area (Å²) in [7, 11) is 0. The van der Waals surface area contributed by atoms with Gasteiger partial charge in [0.15, 0.2) is 5.58 Å². The molecule has 0 N–H and O–H groups in total. The van der Waals surface area contributed by atoms with Crippen LogP contribution in [0.1, 0.15) is 18.4 Å². The molecule has 1 saturated carbocycles. The number of nitrogens with zero attached hydrogens (tertiary/aromatic N) is 3. The number of para-hydroxylation sites is 1. The molecule has 1 aliphatic carbocycles. The molecule has 0 spiro atoms. The third kappa shape index (κ3) is 4.90. The third-order valence-electron chi connectivity index (χ3n) is 7.10. The smallest absolute Gasteiger partial charge is 0.405 e. The fourth-order valence-corrected chi connectivity index (χ4v) is 4.92. The molecule has 6 heteroatoms. The van der Waals surface area contributed by atoms with Gasteiger partial charge in [-0.1, -0.05) is 54.6 Å². The highest BCUT2D eigenvalue weighted by atomic mass is 16.5. The van der Waals surface area contributed by atoms with Crippen molar-refractivity contribution in [1.29, 1.82) is 0 Å². The minimum Gasteiger partial charge on any atom is -0.405 e. The van der Waals surface area contributed by atoms with Crippen LogP contribution in [0.3, 0.4) is 0 Å². The zero-order chi connectivity index (χ0) is 23.6. The Morgan fingerprint density at radius 2 is 1.63 bits per heavy atom. The predicted octanol–water partition coefficient (Wildman–Crippen LogP) is 4.97. The number of rotatable bonds is 8. The highest BCUT2D eigenvalue weighted by Gasteiger charge is 2.23. The van der Waals surface area contributed by atoms with E-state index in [0.29, 0.717) is 11.5 Å². The van der Waals surface area contributed by atoms with Gasteiger partial charge in [0, 0.05) is 32.7 Å². The number of oxazole rings is 1. The lowest BCUT2D eigenvalue weighted by atomic mass is 10.0. The van der Waals surface area contributed by atoms with Crippen molar-refractivity contribution in [3.63, 3.8) is 0 Å². The largest absolute Gasteiger partial charge is 0.421 e. The number of hydrogen-bond acceptors (Lipinski definition) is 5. The van der Waals surface area contributed by atoms with Crippen LogP contribution in [-0.2, 0) is 18.0 Å². The van der Waals surface area contributed by atoms with E-state index in [4.69, 9.17) is 9.15 Å². The van der Waals surface area contributed by atoms with Crippen LogP contribution in [-0.4, -0.2) is 42.3 Å². The fourth-order valence-electron chi connectivity index (χ4n) is 4.92. The average molecular weight is 470 g/mol. The van der Waals surface area contributed by atoms with Crippen LogP contribution in [0.25, 0.3) is 22.2 Å². The Kier molecular flexibility index (Phi) is 6.15. The molecule has 2 heterocycles. The Bertz CT molecular complexity index is 1350. The minimum absolute atomic E-state index is 0.252. The summed E-state index contributed by atoms with van der Waals surface area (Å²) in [6, 6.07) is 25.4. The highest BCUT2D eigenvalue weighted by molar-refractivity contribution is 5.87. The van der Waals surface area contributed by atoms with Gasteiger partial charge in [-0.15, -0.1) is 0 Å². The molecule has 0 bridgehead atoms. The molecule has 1 aliphatic heterocycles. The first-order valence-corrected chi connectivity index (χ1v) is 12.6. The van der Waals surface area contributed by atoms with Crippen LogP contribution in [0.4, 0.5) is 5.69 Å². The maximum atomic E-state index is 12.5. The fraction of sp³-hybridized carbons (Fsp3) is 0.345. The Hall–Kier alpha value is -3.35. The standard InChI is InChI=1S/C29H31N3O3/c33-29-32(21-34-20-22-12-13-22)27-11-5-10-26(28(27)35-29)31-16-14-30(15-17-31)19-23-6-4-9-25(18-23)24-7-2-1-3-8-24/h1-11,18,22H,12-17,19-21H2. The van der Waals surface area contributed by atoms with Crippen LogP contribution >= 0.6 is 0 Å². The van der Waals surface area contributed by atoms with Gasteiger partial charge in [0.05, 0.1) is 17.8 Å². The molecule has 0 amide bonds. The van der Waals surface area contributed by atoms with E-state index < -0.39 is 0 Å². The Morgan fingerprint density at radius 1 is 0.857 bits per heavy atom. The maximum absolute atomic E-state index is 12.5. The van der Waals surface area contributed by atoms with Gasteiger partial charge in [0.25, 0.3) is 0 Å². The van der Waals surface area contributed by atoms with Gasteiger partial charge in [-0.25, -0.2) is 9.36 Å². The van der Waals surface area contributed by atoms with Crippen molar-refractivity contribution in [3.8, 4) is 11.1 Å². The quantitative estimate of drug-likeness (QED) is 0.365. The molecule has 4 aromatic rings. The second-order valence-electron chi connectivity index (χ2n) is 9.69. The first kappa shape index (κ1) is 22.1. The van der Waals surface area contributed by atoms with Crippen molar-refractivity contribution >= 4 is 16.8 Å². The number of anilines is 1. The molecule has 6 nitrogen and oxygen atoms in total. The topological polar surface area (TPSA) is 50.9 Å². The zero-order valence-corrected chi connectivity index (χ0v) is 19.9. The van der Waals surface area contributed by atoms with Gasteiger partial charge in [-0.05, 0) is 53.6 Å². The van der Waals surface area contributed by atoms with Crippen molar-refractivity contribution in [1.82, 2.24) is 9.47 Å². The lowest BCUT2D eigenvalue weighted by Crippen LogP contribution is -2.46. The molecule has 2 fully saturated rings. The van der Waals surface area contributed by atoms with Crippen molar-refractivity contribution in [2.24, 2.45) is 5.92 Å². The summed E-state index contributed by atoms with van der Waals surface area (Å²) in [5.41, 5.74) is 6.30. The van der Waals surface area contributed by atoms with E-state index >= 15 is 0 Å². The molecule has 0 radical (unpaired) electrons. The van der Waals surface area contributed by atoms with Gasteiger partial charge in [-0.3, -0.25) is 4.90 Å². The molecule has 0 unspecified atom stereocenters. The van der Waals surface area contributed by atoms with Crippen LogP contribution in [0, 0.1) is 5.92 Å². The van der Waals surface area contributed by atoms with Crippen LogP contribution in [0.5, 0.6) is 0 Å². The van der Waals surface area contributed by atoms with Crippen LogP contribution < -0.4 is 10.7 Å². The van der Waals surface area contributed by atoms with E-state index in [1.54, 1.807) is 4.57 Å². The van der Waals surface area contributed by atoms with Gasteiger partial charge < -0.3 is 14.1 Å². The lowest BCUT2D eigenvalue weighted by molar-refractivity contribution is 0.0671. The number of benzene rings is 3. The molecule has 2 aliphatic rings. The summed E-state index contributed by atoms with van der Waals surface area (Å²) in [6.07, 6.45) is 2.46. The molecule has 1 saturated heterocycles. The first-order valence-electron chi connectivity index (χ1n) is 12.6. The van der Waals surface area contributed by atoms with E-state index in [1.165, 1.54) is 29.5 Å². The highest BCUT2D eigenvalue weighted by Crippen LogP contribution is 2.30. The summed E-state index contributed by atoms with van der Waals surface area (Å²) >= 11 is 0. The number of fused-ring (bicyclic) bond motifs is 1. The molecular weight excluding hydrogens is 438 g/mol. The van der Waals surface area contributed by atoms with E-state index in [2.05, 4.69) is 70.5 Å². The van der Waals surface area contributed by atoms with E-state index in [1.807, 2.05) is 12.1 Å². The van der Waals surface area contributed by atoms with E-state index in [-0.39, 0.29) is 12.5 Å². The number of hydrogen-bond donors (Lipinski definition) is 0. The number of aromatic nitrogens is 1. The Balaban J connectivity index is 1.12. The van der Waals surface area contributed by atoms with Crippen molar-refractivity contribution in [3.05, 3.63) is 88.9 Å². The van der Waals surface area contributed by atoms with E-state index in [0.717, 1.165) is 50.5 Å². The molecule has 0 atom stereocenters. The maximum Gasteiger partial charge on any atom is 0.421 e. The number of ether oxygens (including phenoxy) is 1. The van der Waals surface area contributed by atoms with Gasteiger partial charge in [-0.2, -0.15) is 0 Å². The van der Waals surface area contributed by atoms with Crippen molar-refractivity contribution in [2.45, 2.75) is 26.1 Å². The summed E-state index contributed by atoms with van der Waals surface area (Å²) < 4.78 is 13.1. The second kappa shape index (κ2) is 9.72. The number of piperazine rings is 1. The second-order valence-corrected chi connectivity index (χ2v) is 9.69. The molecule has 1 aromatic heterocycles. The Morgan fingerprint density at radius 3 is 2.43 bits per heavy atom. The Labute approximate surface area is 205 Å². The molecule has 3 aromatic carbocycles. The summed E-state index contributed by atoms with van der Waals surface area (Å²) in [6.45, 7) is 5.61. The van der Waals surface area contributed by atoms with Crippen LogP contribution in [0.15, 0.2) is 82.0 Å². The van der Waals surface area contributed by atoms with Crippen LogP contribution in [0.2, 0.25) is 0 Å². The predicted molar refractivity (Wildman–Crippen MR) is 139 cm³/mol. The molecule has 6 rings (SSSR count). The van der Waals surface area contributed by atoms with Gasteiger partial charge in [0.2, 0.25) is 0 Å². The third-order valence-corrected chi connectivity index (χ3v) is 7.10.